The summed E-state index contributed by atoms with van der Waals surface area (Å²) < 4.78 is 26.8. The van der Waals surface area contributed by atoms with Gasteiger partial charge in [0.15, 0.2) is 0 Å². The van der Waals surface area contributed by atoms with E-state index in [4.69, 9.17) is 0 Å². The van der Waals surface area contributed by atoms with Crippen molar-refractivity contribution in [2.75, 3.05) is 13.1 Å². The van der Waals surface area contributed by atoms with Crippen LogP contribution in [-0.4, -0.2) is 42.4 Å². The number of carbonyl (C=O) groups excluding carboxylic acids is 1. The van der Waals surface area contributed by atoms with E-state index in [1.54, 1.807) is 24.3 Å². The average Bonchev–Trinajstić information content (AvgIpc) is 3.03. The summed E-state index contributed by atoms with van der Waals surface area (Å²) in [6.45, 7) is 2.51. The number of hydrogen-bond acceptors (Lipinski definition) is 5. The summed E-state index contributed by atoms with van der Waals surface area (Å²) in [4.78, 5) is 13.5. The predicted molar refractivity (Wildman–Crippen MR) is 102 cm³/mol. The van der Waals surface area contributed by atoms with Crippen LogP contribution in [0.15, 0.2) is 53.4 Å². The molecular formula is C18H21N5O3S. The molecule has 0 spiro atoms. The van der Waals surface area contributed by atoms with Gasteiger partial charge in [0.2, 0.25) is 15.9 Å². The van der Waals surface area contributed by atoms with Gasteiger partial charge in [0, 0.05) is 13.1 Å². The normalized spacial score (nSPS) is 11.6. The van der Waals surface area contributed by atoms with Crippen molar-refractivity contribution in [3.05, 3.63) is 54.1 Å². The van der Waals surface area contributed by atoms with E-state index in [0.717, 1.165) is 16.6 Å². The van der Waals surface area contributed by atoms with Crippen LogP contribution in [0.2, 0.25) is 0 Å². The molecule has 0 unspecified atom stereocenters. The van der Waals surface area contributed by atoms with Gasteiger partial charge in [-0.1, -0.05) is 29.8 Å². The highest BCUT2D eigenvalue weighted by atomic mass is 32.2. The van der Waals surface area contributed by atoms with Crippen LogP contribution >= 0.6 is 0 Å². The highest BCUT2D eigenvalue weighted by Gasteiger charge is 2.12. The zero-order valence-electron chi connectivity index (χ0n) is 14.9. The van der Waals surface area contributed by atoms with Crippen molar-refractivity contribution in [2.24, 2.45) is 0 Å². The van der Waals surface area contributed by atoms with Gasteiger partial charge in [0.1, 0.15) is 17.6 Å². The molecule has 27 heavy (non-hydrogen) atoms. The molecule has 0 bridgehead atoms. The standard InChI is InChI=1S/C18H21N5O3S/c1-14-7-9-15(10-8-14)27(25,26)20-12-4-11-19-18(24)13-23-21-16-5-2-3-6-17(16)22-23/h2-3,5-10,20H,4,11-13H2,1H3,(H,19,24). The second kappa shape index (κ2) is 8.28. The number of nitrogens with zero attached hydrogens (tertiary/aromatic N) is 3. The Balaban J connectivity index is 1.40. The molecule has 0 aliphatic carbocycles. The number of aryl methyl sites for hydroxylation is 1. The summed E-state index contributed by atoms with van der Waals surface area (Å²) in [5.74, 6) is -0.225. The molecule has 0 radical (unpaired) electrons. The Labute approximate surface area is 157 Å². The third-order valence-electron chi connectivity index (χ3n) is 3.91. The molecule has 3 rings (SSSR count). The van der Waals surface area contributed by atoms with Gasteiger partial charge in [-0.3, -0.25) is 4.79 Å². The minimum atomic E-state index is -3.53. The summed E-state index contributed by atoms with van der Waals surface area (Å²) in [6.07, 6.45) is 0.478. The van der Waals surface area contributed by atoms with Gasteiger partial charge in [0.25, 0.3) is 0 Å². The molecular weight excluding hydrogens is 366 g/mol. The third-order valence-corrected chi connectivity index (χ3v) is 5.39. The lowest BCUT2D eigenvalue weighted by Gasteiger charge is -2.08. The molecule has 1 amide bonds. The zero-order valence-corrected chi connectivity index (χ0v) is 15.7. The van der Waals surface area contributed by atoms with Crippen LogP contribution in [-0.2, 0) is 21.4 Å². The molecule has 1 heterocycles. The maximum absolute atomic E-state index is 12.1. The molecule has 8 nitrogen and oxygen atoms in total. The van der Waals surface area contributed by atoms with E-state index >= 15 is 0 Å². The minimum absolute atomic E-state index is 0.0176. The van der Waals surface area contributed by atoms with Crippen molar-refractivity contribution in [3.8, 4) is 0 Å². The van der Waals surface area contributed by atoms with Crippen LogP contribution in [0.25, 0.3) is 11.0 Å². The highest BCUT2D eigenvalue weighted by molar-refractivity contribution is 7.89. The molecule has 3 aromatic rings. The lowest BCUT2D eigenvalue weighted by molar-refractivity contribution is -0.122. The number of nitrogens with one attached hydrogen (secondary N) is 2. The smallest absolute Gasteiger partial charge is 0.243 e. The monoisotopic (exact) mass is 387 g/mol. The molecule has 9 heteroatoms. The molecule has 0 saturated heterocycles. The number of aromatic nitrogens is 3. The first-order valence-corrected chi connectivity index (χ1v) is 10.1. The number of amides is 1. The molecule has 0 fully saturated rings. The van der Waals surface area contributed by atoms with Crippen molar-refractivity contribution in [2.45, 2.75) is 24.8 Å². The molecule has 2 N–H and O–H groups in total. The zero-order chi connectivity index (χ0) is 19.3. The van der Waals surface area contributed by atoms with E-state index in [-0.39, 0.29) is 23.9 Å². The van der Waals surface area contributed by atoms with Crippen molar-refractivity contribution in [1.29, 1.82) is 0 Å². The number of sulfonamides is 1. The van der Waals surface area contributed by atoms with Crippen LogP contribution in [0.1, 0.15) is 12.0 Å². The van der Waals surface area contributed by atoms with Gasteiger partial charge < -0.3 is 5.32 Å². The summed E-state index contributed by atoms with van der Waals surface area (Å²) >= 11 is 0. The van der Waals surface area contributed by atoms with Gasteiger partial charge in [-0.25, -0.2) is 13.1 Å². The molecule has 142 valence electrons. The van der Waals surface area contributed by atoms with Crippen molar-refractivity contribution in [3.63, 3.8) is 0 Å². The SMILES string of the molecule is Cc1ccc(S(=O)(=O)NCCCNC(=O)Cn2nc3ccccc3n2)cc1. The first kappa shape index (κ1) is 19.0. The predicted octanol–water partition coefficient (Wildman–Crippen LogP) is 1.22. The molecule has 0 saturated carbocycles. The fourth-order valence-corrected chi connectivity index (χ4v) is 3.56. The number of carbonyl (C=O) groups is 1. The van der Waals surface area contributed by atoms with E-state index in [0.29, 0.717) is 13.0 Å². The average molecular weight is 387 g/mol. The van der Waals surface area contributed by atoms with Crippen molar-refractivity contribution < 1.29 is 13.2 Å². The molecule has 2 aromatic carbocycles. The maximum atomic E-state index is 12.1. The van der Waals surface area contributed by atoms with Gasteiger partial charge in [0.05, 0.1) is 4.90 Å². The van der Waals surface area contributed by atoms with Gasteiger partial charge >= 0.3 is 0 Å². The van der Waals surface area contributed by atoms with E-state index in [9.17, 15) is 13.2 Å². The summed E-state index contributed by atoms with van der Waals surface area (Å²) in [5.41, 5.74) is 2.46. The summed E-state index contributed by atoms with van der Waals surface area (Å²) in [7, 11) is -3.53. The van der Waals surface area contributed by atoms with Crippen LogP contribution in [0.4, 0.5) is 0 Å². The first-order valence-electron chi connectivity index (χ1n) is 8.57. The molecule has 0 aliphatic rings. The second-order valence-electron chi connectivity index (χ2n) is 6.13. The molecule has 0 atom stereocenters. The quantitative estimate of drug-likeness (QED) is 0.566. The van der Waals surface area contributed by atoms with Gasteiger partial charge in [-0.15, -0.1) is 0 Å². The Hall–Kier alpha value is -2.78. The third kappa shape index (κ3) is 5.11. The Morgan fingerprint density at radius 1 is 1.00 bits per heavy atom. The maximum Gasteiger partial charge on any atom is 0.243 e. The number of hydrogen-bond donors (Lipinski definition) is 2. The van der Waals surface area contributed by atoms with E-state index in [2.05, 4.69) is 20.2 Å². The first-order chi connectivity index (χ1) is 12.9. The Kier molecular flexibility index (Phi) is 5.82. The fourth-order valence-electron chi connectivity index (χ4n) is 2.48. The van der Waals surface area contributed by atoms with Crippen molar-refractivity contribution >= 4 is 27.0 Å². The van der Waals surface area contributed by atoms with E-state index < -0.39 is 10.0 Å². The van der Waals surface area contributed by atoms with E-state index in [1.807, 2.05) is 31.2 Å². The minimum Gasteiger partial charge on any atom is -0.354 e. The topological polar surface area (TPSA) is 106 Å². The van der Waals surface area contributed by atoms with Gasteiger partial charge in [-0.05, 0) is 37.6 Å². The summed E-state index contributed by atoms with van der Waals surface area (Å²) in [6, 6.07) is 14.0. The van der Waals surface area contributed by atoms with Crippen LogP contribution in [0.3, 0.4) is 0 Å². The highest BCUT2D eigenvalue weighted by Crippen LogP contribution is 2.09. The lowest BCUT2D eigenvalue weighted by atomic mass is 10.2. The van der Waals surface area contributed by atoms with Crippen LogP contribution in [0.5, 0.6) is 0 Å². The fraction of sp³-hybridized carbons (Fsp3) is 0.278. The largest absolute Gasteiger partial charge is 0.354 e. The molecule has 0 aliphatic heterocycles. The Bertz CT molecular complexity index is 996. The van der Waals surface area contributed by atoms with Crippen LogP contribution in [0, 0.1) is 6.92 Å². The molecule has 1 aromatic heterocycles. The Morgan fingerprint density at radius 3 is 2.26 bits per heavy atom. The van der Waals surface area contributed by atoms with Gasteiger partial charge in [-0.2, -0.15) is 15.0 Å². The number of fused-ring (bicyclic) bond motifs is 1. The Morgan fingerprint density at radius 2 is 1.63 bits per heavy atom. The van der Waals surface area contributed by atoms with E-state index in [1.165, 1.54) is 4.80 Å². The summed E-state index contributed by atoms with van der Waals surface area (Å²) in [5, 5.41) is 11.2. The number of benzene rings is 2. The lowest BCUT2D eigenvalue weighted by Crippen LogP contribution is -2.32. The second-order valence-corrected chi connectivity index (χ2v) is 7.90. The van der Waals surface area contributed by atoms with Crippen LogP contribution < -0.4 is 10.0 Å². The van der Waals surface area contributed by atoms with Crippen molar-refractivity contribution in [1.82, 2.24) is 25.0 Å². The number of rotatable bonds is 8.